The van der Waals surface area contributed by atoms with Gasteiger partial charge in [-0.2, -0.15) is 9.78 Å². The fourth-order valence-corrected chi connectivity index (χ4v) is 3.40. The van der Waals surface area contributed by atoms with Crippen molar-refractivity contribution >= 4 is 17.9 Å². The Morgan fingerprint density at radius 1 is 1.32 bits per heavy atom. The minimum Gasteiger partial charge on any atom is -0.497 e. The molecule has 0 radical (unpaired) electrons. The summed E-state index contributed by atoms with van der Waals surface area (Å²) in [4.78, 5) is 15.3. The van der Waals surface area contributed by atoms with Crippen LogP contribution >= 0.6 is 0 Å². The van der Waals surface area contributed by atoms with Crippen LogP contribution in [0.5, 0.6) is 5.75 Å². The first-order valence-electron chi connectivity index (χ1n) is 9.88. The Morgan fingerprint density at radius 2 is 2.16 bits per heavy atom. The van der Waals surface area contributed by atoms with Gasteiger partial charge in [-0.3, -0.25) is 9.69 Å². The van der Waals surface area contributed by atoms with E-state index in [0.29, 0.717) is 18.0 Å². The van der Waals surface area contributed by atoms with Gasteiger partial charge in [0.25, 0.3) is 5.91 Å². The van der Waals surface area contributed by atoms with Crippen molar-refractivity contribution in [2.45, 2.75) is 25.8 Å². The molecule has 1 saturated heterocycles. The summed E-state index contributed by atoms with van der Waals surface area (Å²) < 4.78 is 11.1. The summed E-state index contributed by atoms with van der Waals surface area (Å²) in [5.41, 5.74) is 9.76. The first kappa shape index (κ1) is 20.5. The zero-order valence-corrected chi connectivity index (χ0v) is 17.1. The number of nitrogens with one attached hydrogen (secondary N) is 1. The lowest BCUT2D eigenvalue weighted by atomic mass is 10.1. The number of piperidine rings is 1. The van der Waals surface area contributed by atoms with Gasteiger partial charge in [0.15, 0.2) is 5.69 Å². The molecular formula is C19H23N9O3. The third kappa shape index (κ3) is 4.69. The molecule has 0 unspecified atom stereocenters. The Kier molecular flexibility index (Phi) is 6.17. The minimum atomic E-state index is -0.501. The van der Waals surface area contributed by atoms with E-state index in [1.54, 1.807) is 13.2 Å². The second-order valence-electron chi connectivity index (χ2n) is 7.08. The van der Waals surface area contributed by atoms with Gasteiger partial charge in [0.05, 0.1) is 13.3 Å². The number of nitrogens with two attached hydrogens (primary N) is 1. The standard InChI is InChI=1S/C19H23N9O3/c1-30-14-7-5-6-13(10-14)11-21-23-19(29)16-15(12-27-8-3-2-4-9-27)22-26-28(16)18-17(20)24-31-25-18/h5-7,10-11H,2-4,8-9,12H2,1H3,(H2,20,24)(H,23,29)/b21-11-. The lowest BCUT2D eigenvalue weighted by Gasteiger charge is -2.25. The normalized spacial score (nSPS) is 14.7. The molecule has 31 heavy (non-hydrogen) atoms. The highest BCUT2D eigenvalue weighted by atomic mass is 16.6. The Balaban J connectivity index is 1.57. The summed E-state index contributed by atoms with van der Waals surface area (Å²) >= 11 is 0. The highest BCUT2D eigenvalue weighted by molar-refractivity contribution is 5.95. The number of hydrogen-bond donors (Lipinski definition) is 2. The number of amides is 1. The van der Waals surface area contributed by atoms with E-state index in [0.717, 1.165) is 31.5 Å². The fraction of sp³-hybridized carbons (Fsp3) is 0.368. The van der Waals surface area contributed by atoms with Crippen molar-refractivity contribution in [2.24, 2.45) is 5.10 Å². The molecule has 12 heteroatoms. The molecular weight excluding hydrogens is 402 g/mol. The topological polar surface area (TPSA) is 150 Å². The number of ether oxygens (including phenoxy) is 1. The maximum atomic E-state index is 13.0. The Bertz CT molecular complexity index is 1070. The number of likely N-dealkylation sites (tertiary alicyclic amines) is 1. The quantitative estimate of drug-likeness (QED) is 0.417. The van der Waals surface area contributed by atoms with Gasteiger partial charge in [-0.15, -0.1) is 5.10 Å². The lowest BCUT2D eigenvalue weighted by molar-refractivity contribution is 0.0944. The molecule has 0 spiro atoms. The number of carbonyl (C=O) groups is 1. The number of methoxy groups -OCH3 is 1. The van der Waals surface area contributed by atoms with Crippen LogP contribution in [0.25, 0.3) is 5.82 Å². The largest absolute Gasteiger partial charge is 0.497 e. The molecule has 4 rings (SSSR count). The summed E-state index contributed by atoms with van der Waals surface area (Å²) in [7, 11) is 1.58. The van der Waals surface area contributed by atoms with Crippen molar-refractivity contribution in [1.29, 1.82) is 0 Å². The third-order valence-electron chi connectivity index (χ3n) is 4.95. The molecule has 0 bridgehead atoms. The monoisotopic (exact) mass is 425 g/mol. The fourth-order valence-electron chi connectivity index (χ4n) is 3.40. The number of rotatable bonds is 7. The molecule has 3 aromatic rings. The van der Waals surface area contributed by atoms with E-state index in [1.165, 1.54) is 17.3 Å². The van der Waals surface area contributed by atoms with Gasteiger partial charge in [-0.1, -0.05) is 23.8 Å². The van der Waals surface area contributed by atoms with Crippen LogP contribution in [0.4, 0.5) is 5.82 Å². The van der Waals surface area contributed by atoms with Crippen LogP contribution in [0.3, 0.4) is 0 Å². The summed E-state index contributed by atoms with van der Waals surface area (Å²) in [5, 5.41) is 19.6. The first-order chi connectivity index (χ1) is 15.2. The molecule has 1 aliphatic heterocycles. The Morgan fingerprint density at radius 3 is 2.90 bits per heavy atom. The van der Waals surface area contributed by atoms with Crippen molar-refractivity contribution in [1.82, 2.24) is 35.6 Å². The molecule has 12 nitrogen and oxygen atoms in total. The van der Waals surface area contributed by atoms with Gasteiger partial charge in [0.1, 0.15) is 11.4 Å². The SMILES string of the molecule is COc1cccc(/C=N\NC(=O)c2c(CN3CCCCC3)nnn2-c2nonc2N)c1. The molecule has 1 amide bonds. The number of carbonyl (C=O) groups excluding carboxylic acids is 1. The average molecular weight is 425 g/mol. The molecule has 3 heterocycles. The zero-order valence-electron chi connectivity index (χ0n) is 17.1. The molecule has 1 fully saturated rings. The predicted octanol–water partition coefficient (Wildman–Crippen LogP) is 0.991. The van der Waals surface area contributed by atoms with Gasteiger partial charge in [-0.25, -0.2) is 10.1 Å². The second-order valence-corrected chi connectivity index (χ2v) is 7.08. The van der Waals surface area contributed by atoms with Gasteiger partial charge >= 0.3 is 0 Å². The van der Waals surface area contributed by atoms with E-state index in [1.807, 2.05) is 18.2 Å². The number of aromatic nitrogens is 5. The number of hydrogen-bond acceptors (Lipinski definition) is 10. The second kappa shape index (κ2) is 9.34. The summed E-state index contributed by atoms with van der Waals surface area (Å²) in [6, 6.07) is 7.29. The van der Waals surface area contributed by atoms with E-state index in [9.17, 15) is 4.79 Å². The Hall–Kier alpha value is -3.80. The van der Waals surface area contributed by atoms with E-state index in [-0.39, 0.29) is 17.3 Å². The molecule has 0 saturated carbocycles. The predicted molar refractivity (Wildman–Crippen MR) is 111 cm³/mol. The average Bonchev–Trinajstić information content (AvgIpc) is 3.40. The number of nitrogens with zero attached hydrogens (tertiary/aromatic N) is 7. The summed E-state index contributed by atoms with van der Waals surface area (Å²) in [5.74, 6) is 0.289. The highest BCUT2D eigenvalue weighted by Gasteiger charge is 2.26. The number of anilines is 1. The smallest absolute Gasteiger partial charge is 0.292 e. The molecule has 0 atom stereocenters. The molecule has 0 aliphatic carbocycles. The van der Waals surface area contributed by atoms with Crippen LogP contribution in [0.2, 0.25) is 0 Å². The maximum absolute atomic E-state index is 13.0. The van der Waals surface area contributed by atoms with Crippen LogP contribution in [0.15, 0.2) is 34.0 Å². The highest BCUT2D eigenvalue weighted by Crippen LogP contribution is 2.19. The van der Waals surface area contributed by atoms with Crippen LogP contribution in [0.1, 0.15) is 41.0 Å². The molecule has 2 aromatic heterocycles. The van der Waals surface area contributed by atoms with Crippen LogP contribution < -0.4 is 15.9 Å². The van der Waals surface area contributed by atoms with E-state index in [4.69, 9.17) is 10.5 Å². The van der Waals surface area contributed by atoms with Crippen LogP contribution in [0, 0.1) is 0 Å². The van der Waals surface area contributed by atoms with Crippen LogP contribution in [-0.4, -0.2) is 62.5 Å². The Labute approximate surface area is 178 Å². The van der Waals surface area contributed by atoms with Gasteiger partial charge < -0.3 is 10.5 Å². The van der Waals surface area contributed by atoms with Gasteiger partial charge in [-0.05, 0) is 53.9 Å². The van der Waals surface area contributed by atoms with E-state index < -0.39 is 5.91 Å². The van der Waals surface area contributed by atoms with Crippen molar-refractivity contribution in [2.75, 3.05) is 25.9 Å². The van der Waals surface area contributed by atoms with Crippen molar-refractivity contribution in [3.8, 4) is 11.6 Å². The maximum Gasteiger partial charge on any atom is 0.292 e. The number of nitrogen functional groups attached to an aromatic ring is 1. The van der Waals surface area contributed by atoms with E-state index in [2.05, 4.69) is 40.7 Å². The summed E-state index contributed by atoms with van der Waals surface area (Å²) in [6.45, 7) is 2.36. The van der Waals surface area contributed by atoms with Gasteiger partial charge in [0.2, 0.25) is 11.6 Å². The van der Waals surface area contributed by atoms with Gasteiger partial charge in [0, 0.05) is 6.54 Å². The molecule has 1 aromatic carbocycles. The molecule has 162 valence electrons. The first-order valence-corrected chi connectivity index (χ1v) is 9.88. The van der Waals surface area contributed by atoms with Crippen LogP contribution in [-0.2, 0) is 6.54 Å². The lowest BCUT2D eigenvalue weighted by Crippen LogP contribution is -2.31. The van der Waals surface area contributed by atoms with Crippen molar-refractivity contribution in [3.05, 3.63) is 41.2 Å². The zero-order chi connectivity index (χ0) is 21.6. The summed E-state index contributed by atoms with van der Waals surface area (Å²) in [6.07, 6.45) is 4.95. The third-order valence-corrected chi connectivity index (χ3v) is 4.95. The van der Waals surface area contributed by atoms with Crippen molar-refractivity contribution in [3.63, 3.8) is 0 Å². The number of hydrazone groups is 1. The van der Waals surface area contributed by atoms with Crippen molar-refractivity contribution < 1.29 is 14.2 Å². The van der Waals surface area contributed by atoms with E-state index >= 15 is 0 Å². The molecule has 3 N–H and O–H groups in total. The minimum absolute atomic E-state index is 0.00311. The number of benzene rings is 1. The molecule has 1 aliphatic rings.